The minimum absolute atomic E-state index is 0.405. The van der Waals surface area contributed by atoms with Crippen LogP contribution in [-0.4, -0.2) is 17.8 Å². The molecule has 1 aliphatic carbocycles. The molecule has 0 amide bonds. The van der Waals surface area contributed by atoms with Crippen molar-refractivity contribution < 1.29 is 9.84 Å². The Labute approximate surface area is 110 Å². The number of benzene rings is 1. The summed E-state index contributed by atoms with van der Waals surface area (Å²) in [5.74, 6) is 0.863. The number of phenols is 1. The van der Waals surface area contributed by atoms with Crippen LogP contribution in [0.4, 0.5) is 0 Å². The van der Waals surface area contributed by atoms with E-state index in [9.17, 15) is 5.11 Å². The fourth-order valence-electron chi connectivity index (χ4n) is 2.65. The summed E-state index contributed by atoms with van der Waals surface area (Å²) in [6.07, 6.45) is 7.82. The van der Waals surface area contributed by atoms with Gasteiger partial charge in [-0.15, -0.1) is 0 Å². The van der Waals surface area contributed by atoms with Crippen molar-refractivity contribution in [1.82, 2.24) is 0 Å². The average Bonchev–Trinajstić information content (AvgIpc) is 2.40. The van der Waals surface area contributed by atoms with Crippen LogP contribution in [0.1, 0.15) is 44.6 Å². The molecule has 1 N–H and O–H groups in total. The molecule has 0 spiro atoms. The van der Waals surface area contributed by atoms with E-state index < -0.39 is 0 Å². The highest BCUT2D eigenvalue weighted by molar-refractivity contribution is 5.31. The minimum atomic E-state index is 0.405. The van der Waals surface area contributed by atoms with Gasteiger partial charge in [0.05, 0.1) is 6.10 Å². The third-order valence-electron chi connectivity index (χ3n) is 3.73. The normalized spacial score (nSPS) is 18.7. The van der Waals surface area contributed by atoms with Gasteiger partial charge in [-0.2, -0.15) is 0 Å². The highest BCUT2D eigenvalue weighted by Gasteiger charge is 2.15. The summed E-state index contributed by atoms with van der Waals surface area (Å²) in [6, 6.07) is 7.59. The number of hydrogen-bond donors (Lipinski definition) is 1. The van der Waals surface area contributed by atoms with Gasteiger partial charge in [-0.05, 0) is 36.8 Å². The molecule has 2 rings (SSSR count). The molecule has 0 bridgehead atoms. The number of para-hydroxylation sites is 1. The first-order valence-electron chi connectivity index (χ1n) is 7.14. The Kier molecular flexibility index (Phi) is 5.06. The molecule has 1 aromatic carbocycles. The molecule has 0 aliphatic heterocycles. The summed E-state index contributed by atoms with van der Waals surface area (Å²) >= 11 is 0. The van der Waals surface area contributed by atoms with Crippen LogP contribution in [0.3, 0.4) is 0 Å². The van der Waals surface area contributed by atoms with Crippen LogP contribution >= 0.6 is 0 Å². The Bertz CT molecular complexity index is 356. The molecular formula is C16H24O2. The Morgan fingerprint density at radius 3 is 2.67 bits per heavy atom. The second kappa shape index (κ2) is 6.79. The standard InChI is InChI=1S/C16H24O2/c1-13(11-14-7-5-6-10-16(14)17)12-18-15-8-3-2-4-9-15/h5-7,10,13,15,17H,2-4,8-9,11-12H2,1H3. The molecule has 1 fully saturated rings. The fraction of sp³-hybridized carbons (Fsp3) is 0.625. The SMILES string of the molecule is CC(COC1CCCCC1)Cc1ccccc1O. The monoisotopic (exact) mass is 248 g/mol. The second-order valence-electron chi connectivity index (χ2n) is 5.53. The zero-order valence-corrected chi connectivity index (χ0v) is 11.3. The molecule has 1 saturated carbocycles. The van der Waals surface area contributed by atoms with E-state index >= 15 is 0 Å². The molecule has 1 unspecified atom stereocenters. The zero-order chi connectivity index (χ0) is 12.8. The lowest BCUT2D eigenvalue weighted by atomic mass is 9.97. The summed E-state index contributed by atoms with van der Waals surface area (Å²) in [5.41, 5.74) is 1.03. The van der Waals surface area contributed by atoms with E-state index in [4.69, 9.17) is 4.74 Å². The maximum atomic E-state index is 9.74. The molecule has 1 aliphatic rings. The molecule has 1 aromatic rings. The van der Waals surface area contributed by atoms with Crippen LogP contribution < -0.4 is 0 Å². The predicted molar refractivity (Wildman–Crippen MR) is 73.8 cm³/mol. The average molecular weight is 248 g/mol. The van der Waals surface area contributed by atoms with E-state index in [2.05, 4.69) is 6.92 Å². The summed E-state index contributed by atoms with van der Waals surface area (Å²) in [7, 11) is 0. The summed E-state index contributed by atoms with van der Waals surface area (Å²) < 4.78 is 5.98. The van der Waals surface area contributed by atoms with Gasteiger partial charge >= 0.3 is 0 Å². The van der Waals surface area contributed by atoms with Crippen molar-refractivity contribution in [3.8, 4) is 5.75 Å². The van der Waals surface area contributed by atoms with E-state index in [1.165, 1.54) is 32.1 Å². The predicted octanol–water partition coefficient (Wildman–Crippen LogP) is 3.92. The topological polar surface area (TPSA) is 29.5 Å². The number of phenolic OH excluding ortho intramolecular Hbond substituents is 1. The van der Waals surface area contributed by atoms with Gasteiger partial charge in [-0.1, -0.05) is 44.4 Å². The largest absolute Gasteiger partial charge is 0.508 e. The first-order valence-corrected chi connectivity index (χ1v) is 7.14. The number of rotatable bonds is 5. The molecule has 0 aromatic heterocycles. The lowest BCUT2D eigenvalue weighted by Gasteiger charge is -2.24. The molecule has 0 saturated heterocycles. The summed E-state index contributed by atoms with van der Waals surface area (Å²) in [6.45, 7) is 2.99. The van der Waals surface area contributed by atoms with Crippen molar-refractivity contribution in [3.63, 3.8) is 0 Å². The maximum Gasteiger partial charge on any atom is 0.118 e. The van der Waals surface area contributed by atoms with Crippen LogP contribution in [0.25, 0.3) is 0 Å². The van der Waals surface area contributed by atoms with Crippen molar-refractivity contribution in [2.45, 2.75) is 51.6 Å². The van der Waals surface area contributed by atoms with Gasteiger partial charge in [-0.3, -0.25) is 0 Å². The van der Waals surface area contributed by atoms with Gasteiger partial charge in [0.2, 0.25) is 0 Å². The van der Waals surface area contributed by atoms with Gasteiger partial charge in [0, 0.05) is 6.61 Å². The number of aromatic hydroxyl groups is 1. The van der Waals surface area contributed by atoms with E-state index in [0.717, 1.165) is 18.6 Å². The molecule has 2 nitrogen and oxygen atoms in total. The Morgan fingerprint density at radius 2 is 1.94 bits per heavy atom. The second-order valence-corrected chi connectivity index (χ2v) is 5.53. The molecule has 2 heteroatoms. The van der Waals surface area contributed by atoms with Crippen molar-refractivity contribution in [2.75, 3.05) is 6.61 Å². The van der Waals surface area contributed by atoms with Crippen LogP contribution in [0.5, 0.6) is 5.75 Å². The molecule has 0 heterocycles. The fourth-order valence-corrected chi connectivity index (χ4v) is 2.65. The highest BCUT2D eigenvalue weighted by atomic mass is 16.5. The first-order chi connectivity index (χ1) is 8.75. The molecule has 100 valence electrons. The number of hydrogen-bond acceptors (Lipinski definition) is 2. The van der Waals surface area contributed by atoms with E-state index in [-0.39, 0.29) is 0 Å². The smallest absolute Gasteiger partial charge is 0.118 e. The summed E-state index contributed by atoms with van der Waals surface area (Å²) in [4.78, 5) is 0. The third kappa shape index (κ3) is 4.02. The van der Waals surface area contributed by atoms with Gasteiger partial charge in [0.1, 0.15) is 5.75 Å². The van der Waals surface area contributed by atoms with E-state index in [1.807, 2.05) is 18.2 Å². The maximum absolute atomic E-state index is 9.74. The lowest BCUT2D eigenvalue weighted by Crippen LogP contribution is -2.20. The first kappa shape index (κ1) is 13.4. The van der Waals surface area contributed by atoms with Crippen molar-refractivity contribution in [3.05, 3.63) is 29.8 Å². The molecule has 1 atom stereocenters. The van der Waals surface area contributed by atoms with Crippen molar-refractivity contribution >= 4 is 0 Å². The van der Waals surface area contributed by atoms with Gasteiger partial charge in [-0.25, -0.2) is 0 Å². The van der Waals surface area contributed by atoms with E-state index in [1.54, 1.807) is 6.07 Å². The van der Waals surface area contributed by atoms with Crippen LogP contribution in [-0.2, 0) is 11.2 Å². The molecular weight excluding hydrogens is 224 g/mol. The van der Waals surface area contributed by atoms with E-state index in [0.29, 0.717) is 17.8 Å². The van der Waals surface area contributed by atoms with Crippen molar-refractivity contribution in [1.29, 1.82) is 0 Å². The Morgan fingerprint density at radius 1 is 1.22 bits per heavy atom. The minimum Gasteiger partial charge on any atom is -0.508 e. The van der Waals surface area contributed by atoms with Crippen molar-refractivity contribution in [2.24, 2.45) is 5.92 Å². The lowest BCUT2D eigenvalue weighted by molar-refractivity contribution is 0.0108. The zero-order valence-electron chi connectivity index (χ0n) is 11.3. The highest BCUT2D eigenvalue weighted by Crippen LogP contribution is 2.23. The molecule has 18 heavy (non-hydrogen) atoms. The Balaban J connectivity index is 1.74. The number of ether oxygens (including phenoxy) is 1. The Hall–Kier alpha value is -1.02. The van der Waals surface area contributed by atoms with Gasteiger partial charge in [0.15, 0.2) is 0 Å². The van der Waals surface area contributed by atoms with Crippen LogP contribution in [0.15, 0.2) is 24.3 Å². The van der Waals surface area contributed by atoms with Gasteiger partial charge < -0.3 is 9.84 Å². The van der Waals surface area contributed by atoms with Crippen LogP contribution in [0.2, 0.25) is 0 Å². The summed E-state index contributed by atoms with van der Waals surface area (Å²) in [5, 5.41) is 9.74. The van der Waals surface area contributed by atoms with Crippen LogP contribution in [0, 0.1) is 5.92 Å². The third-order valence-corrected chi connectivity index (χ3v) is 3.73. The van der Waals surface area contributed by atoms with Gasteiger partial charge in [0.25, 0.3) is 0 Å². The molecule has 0 radical (unpaired) electrons. The quantitative estimate of drug-likeness (QED) is 0.855.